The molecule has 0 atom stereocenters. The van der Waals surface area contributed by atoms with E-state index < -0.39 is 0 Å². The first-order chi connectivity index (χ1) is 11.7. The first-order valence-corrected chi connectivity index (χ1v) is 7.99. The number of aromatic amines is 1. The maximum absolute atomic E-state index is 11.4. The highest BCUT2D eigenvalue weighted by atomic mass is 35.5. The quantitative estimate of drug-likeness (QED) is 0.611. The molecule has 0 unspecified atom stereocenters. The molecule has 3 aromatic rings. The monoisotopic (exact) mass is 356 g/mol. The van der Waals surface area contributed by atoms with E-state index in [4.69, 9.17) is 5.73 Å². The van der Waals surface area contributed by atoms with Crippen LogP contribution in [-0.2, 0) is 11.3 Å². The van der Waals surface area contributed by atoms with Crippen molar-refractivity contribution in [2.24, 2.45) is 0 Å². The number of nitrogens with one attached hydrogen (secondary N) is 3. The highest BCUT2D eigenvalue weighted by Gasteiger charge is 2.09. The van der Waals surface area contributed by atoms with Crippen LogP contribution in [0.25, 0.3) is 10.8 Å². The Morgan fingerprint density at radius 3 is 2.56 bits per heavy atom. The molecular formula is C19H21ClN4O. The van der Waals surface area contributed by atoms with Gasteiger partial charge in [0.1, 0.15) is 5.69 Å². The average molecular weight is 357 g/mol. The van der Waals surface area contributed by atoms with Crippen LogP contribution in [0.1, 0.15) is 18.9 Å². The third kappa shape index (κ3) is 4.61. The van der Waals surface area contributed by atoms with Gasteiger partial charge in [-0.3, -0.25) is 4.79 Å². The Hall–Kier alpha value is -2.79. The molecule has 0 aliphatic heterocycles. The molecule has 6 heteroatoms. The van der Waals surface area contributed by atoms with Gasteiger partial charge >= 0.3 is 0 Å². The Morgan fingerprint density at radius 2 is 1.84 bits per heavy atom. The summed E-state index contributed by atoms with van der Waals surface area (Å²) < 4.78 is 0. The van der Waals surface area contributed by atoms with Gasteiger partial charge in [-0.1, -0.05) is 43.3 Å². The molecule has 3 rings (SSSR count). The number of nitrogen functional groups attached to an aromatic ring is 1. The number of carbonyl (C=O) groups excluding carboxylic acids is 1. The maximum atomic E-state index is 11.4. The largest absolute Gasteiger partial charge is 1.00 e. The number of hydrogen-bond acceptors (Lipinski definition) is 3. The normalized spacial score (nSPS) is 10.1. The summed E-state index contributed by atoms with van der Waals surface area (Å²) in [6.07, 6.45) is 0.418. The molecule has 0 aliphatic rings. The number of H-pyrrole nitrogens is 1. The number of rotatable bonds is 5. The van der Waals surface area contributed by atoms with E-state index in [-0.39, 0.29) is 18.3 Å². The first kappa shape index (κ1) is 18.5. The Morgan fingerprint density at radius 1 is 1.08 bits per heavy atom. The fourth-order valence-corrected chi connectivity index (χ4v) is 2.51. The molecule has 0 spiro atoms. The summed E-state index contributed by atoms with van der Waals surface area (Å²) >= 11 is 0. The Labute approximate surface area is 153 Å². The minimum Gasteiger partial charge on any atom is -1.00 e. The maximum Gasteiger partial charge on any atom is 0.241 e. The van der Waals surface area contributed by atoms with Crippen LogP contribution in [0, 0.1) is 0 Å². The summed E-state index contributed by atoms with van der Waals surface area (Å²) in [5.41, 5.74) is 7.74. The standard InChI is InChI=1S/C19H20N4O.ClH/c1-2-18(24)22-16-9-10-17(23-19(16)20)21-12-13-7-8-14-5-3-4-6-15(14)11-13;/h3-11H,2,12H2,1H3,(H,22,24)(H3,20,21,23);1H. The van der Waals surface area contributed by atoms with E-state index in [1.165, 1.54) is 16.3 Å². The molecule has 0 saturated carbocycles. The van der Waals surface area contributed by atoms with Gasteiger partial charge in [-0.2, -0.15) is 0 Å². The molecule has 0 saturated heterocycles. The summed E-state index contributed by atoms with van der Waals surface area (Å²) in [5, 5.41) is 8.52. The molecule has 2 aromatic carbocycles. The van der Waals surface area contributed by atoms with Crippen molar-refractivity contribution in [3.8, 4) is 0 Å². The highest BCUT2D eigenvalue weighted by molar-refractivity contribution is 5.92. The van der Waals surface area contributed by atoms with E-state index in [1.807, 2.05) is 18.2 Å². The number of fused-ring (bicyclic) bond motifs is 1. The van der Waals surface area contributed by atoms with Gasteiger partial charge < -0.3 is 28.8 Å². The molecular weight excluding hydrogens is 336 g/mol. The predicted molar refractivity (Wildman–Crippen MR) is 97.6 cm³/mol. The van der Waals surface area contributed by atoms with Gasteiger partial charge in [-0.05, 0) is 28.5 Å². The van der Waals surface area contributed by atoms with Gasteiger partial charge in [-0.15, -0.1) is 0 Å². The van der Waals surface area contributed by atoms with Crippen LogP contribution in [0.5, 0.6) is 0 Å². The number of carbonyl (C=O) groups is 1. The van der Waals surface area contributed by atoms with E-state index in [0.29, 0.717) is 24.5 Å². The molecule has 25 heavy (non-hydrogen) atoms. The van der Waals surface area contributed by atoms with Crippen molar-refractivity contribution >= 4 is 34.0 Å². The van der Waals surface area contributed by atoms with Crippen molar-refractivity contribution in [1.29, 1.82) is 0 Å². The molecule has 5 N–H and O–H groups in total. The molecule has 1 heterocycles. The second-order valence-electron chi connectivity index (χ2n) is 5.64. The van der Waals surface area contributed by atoms with Crippen LogP contribution in [0.2, 0.25) is 0 Å². The Balaban J connectivity index is 0.00000225. The number of hydrogen-bond donors (Lipinski definition) is 3. The van der Waals surface area contributed by atoms with Crippen molar-refractivity contribution in [1.82, 2.24) is 0 Å². The van der Waals surface area contributed by atoms with Crippen molar-refractivity contribution in [3.05, 3.63) is 60.2 Å². The third-order valence-electron chi connectivity index (χ3n) is 3.87. The Bertz CT molecular complexity index is 882. The molecule has 1 aromatic heterocycles. The lowest BCUT2D eigenvalue weighted by Gasteiger charge is -2.07. The average Bonchev–Trinajstić information content (AvgIpc) is 2.61. The zero-order valence-electron chi connectivity index (χ0n) is 14.0. The molecule has 1 amide bonds. The van der Waals surface area contributed by atoms with Crippen LogP contribution in [-0.4, -0.2) is 5.91 Å². The summed E-state index contributed by atoms with van der Waals surface area (Å²) in [4.78, 5) is 14.5. The predicted octanol–water partition coefficient (Wildman–Crippen LogP) is 0.201. The molecule has 130 valence electrons. The first-order valence-electron chi connectivity index (χ1n) is 7.99. The van der Waals surface area contributed by atoms with Crippen LogP contribution in [0.3, 0.4) is 0 Å². The van der Waals surface area contributed by atoms with Crippen molar-refractivity contribution < 1.29 is 22.2 Å². The molecule has 0 radical (unpaired) electrons. The van der Waals surface area contributed by atoms with Crippen LogP contribution in [0.15, 0.2) is 54.6 Å². The number of amides is 1. The SMILES string of the molecule is CCC(=O)Nc1ccc(NCc2ccc3ccccc3c2)[nH+]c1N.[Cl-]. The number of aromatic nitrogens is 1. The number of benzene rings is 2. The van der Waals surface area contributed by atoms with Crippen molar-refractivity contribution in [2.75, 3.05) is 16.4 Å². The van der Waals surface area contributed by atoms with Gasteiger partial charge in [0.15, 0.2) is 0 Å². The number of pyridine rings is 1. The van der Waals surface area contributed by atoms with Crippen molar-refractivity contribution in [2.45, 2.75) is 19.9 Å². The lowest BCUT2D eigenvalue weighted by molar-refractivity contribution is -0.342. The molecule has 0 bridgehead atoms. The Kier molecular flexibility index (Phi) is 6.19. The van der Waals surface area contributed by atoms with Gasteiger partial charge in [-0.25, -0.2) is 4.98 Å². The minimum atomic E-state index is -0.0630. The number of nitrogens with two attached hydrogens (primary N) is 1. The van der Waals surface area contributed by atoms with E-state index in [1.54, 1.807) is 13.0 Å². The summed E-state index contributed by atoms with van der Waals surface area (Å²) in [6, 6.07) is 18.3. The molecule has 5 nitrogen and oxygen atoms in total. The van der Waals surface area contributed by atoms with E-state index >= 15 is 0 Å². The van der Waals surface area contributed by atoms with Gasteiger partial charge in [0.05, 0.1) is 6.54 Å². The summed E-state index contributed by atoms with van der Waals surface area (Å²) in [5.74, 6) is 1.17. The van der Waals surface area contributed by atoms with Gasteiger partial charge in [0.2, 0.25) is 17.5 Å². The van der Waals surface area contributed by atoms with E-state index in [2.05, 4.69) is 45.9 Å². The fraction of sp³-hybridized carbons (Fsp3) is 0.158. The van der Waals surface area contributed by atoms with Gasteiger partial charge in [0, 0.05) is 12.5 Å². The lowest BCUT2D eigenvalue weighted by Crippen LogP contribution is -3.00. The number of anilines is 3. The second kappa shape index (κ2) is 8.35. The van der Waals surface area contributed by atoms with Crippen LogP contribution in [0.4, 0.5) is 17.3 Å². The number of halogens is 1. The minimum absolute atomic E-state index is 0. The van der Waals surface area contributed by atoms with Gasteiger partial charge in [0.25, 0.3) is 0 Å². The second-order valence-corrected chi connectivity index (χ2v) is 5.64. The van der Waals surface area contributed by atoms with Crippen molar-refractivity contribution in [3.63, 3.8) is 0 Å². The molecule has 0 fully saturated rings. The lowest BCUT2D eigenvalue weighted by atomic mass is 10.1. The molecule has 0 aliphatic carbocycles. The summed E-state index contributed by atoms with van der Waals surface area (Å²) in [6.45, 7) is 2.48. The smallest absolute Gasteiger partial charge is 0.241 e. The van der Waals surface area contributed by atoms with Crippen LogP contribution >= 0.6 is 0 Å². The fourth-order valence-electron chi connectivity index (χ4n) is 2.51. The van der Waals surface area contributed by atoms with E-state index in [0.717, 1.165) is 5.82 Å². The van der Waals surface area contributed by atoms with E-state index in [9.17, 15) is 4.79 Å². The topological polar surface area (TPSA) is 81.3 Å². The third-order valence-corrected chi connectivity index (χ3v) is 3.87. The zero-order chi connectivity index (χ0) is 16.9. The summed E-state index contributed by atoms with van der Waals surface area (Å²) in [7, 11) is 0. The highest BCUT2D eigenvalue weighted by Crippen LogP contribution is 2.18. The zero-order valence-corrected chi connectivity index (χ0v) is 14.7. The van der Waals surface area contributed by atoms with Crippen LogP contribution < -0.4 is 33.8 Å².